The van der Waals surface area contributed by atoms with Gasteiger partial charge in [-0.05, 0) is 38.0 Å². The highest BCUT2D eigenvalue weighted by molar-refractivity contribution is 7.96. The Kier molecular flexibility index (Phi) is 5.93. The van der Waals surface area contributed by atoms with Gasteiger partial charge in [-0.25, -0.2) is 4.31 Å². The monoisotopic (exact) mass is 327 g/mol. The second kappa shape index (κ2) is 7.49. The first-order valence-corrected chi connectivity index (χ1v) is 8.58. The summed E-state index contributed by atoms with van der Waals surface area (Å²) in [7, 11) is 3.86. The third-order valence-electron chi connectivity index (χ3n) is 3.72. The van der Waals surface area contributed by atoms with Crippen molar-refractivity contribution in [3.8, 4) is 0 Å². The lowest BCUT2D eigenvalue weighted by Gasteiger charge is -2.36. The molecular weight excluding hydrogens is 306 g/mol. The fourth-order valence-corrected chi connectivity index (χ4v) is 3.33. The highest BCUT2D eigenvalue weighted by Gasteiger charge is 2.30. The second-order valence-electron chi connectivity index (χ2n) is 5.36. The first-order chi connectivity index (χ1) is 10.0. The van der Waals surface area contributed by atoms with Gasteiger partial charge in [0.05, 0.1) is 0 Å². The third kappa shape index (κ3) is 4.13. The maximum Gasteiger partial charge on any atom is 0.244 e. The smallest absolute Gasteiger partial charge is 0.244 e. The minimum absolute atomic E-state index is 0.156. The average Bonchev–Trinajstić information content (AvgIpc) is 2.47. The summed E-state index contributed by atoms with van der Waals surface area (Å²) < 4.78 is 2.29. The van der Waals surface area contributed by atoms with Crippen LogP contribution in [0.4, 0.5) is 0 Å². The molecule has 21 heavy (non-hydrogen) atoms. The molecule has 1 unspecified atom stereocenters. The van der Waals surface area contributed by atoms with Crippen molar-refractivity contribution in [2.45, 2.75) is 6.04 Å². The molecule has 1 aromatic rings. The number of rotatable bonds is 4. The highest BCUT2D eigenvalue weighted by Crippen LogP contribution is 2.24. The van der Waals surface area contributed by atoms with E-state index in [0.29, 0.717) is 5.02 Å². The van der Waals surface area contributed by atoms with Crippen LogP contribution in [0.25, 0.3) is 0 Å². The molecule has 1 aromatic carbocycles. The van der Waals surface area contributed by atoms with E-state index >= 15 is 0 Å². The fraction of sp³-hybridized carbons (Fsp3) is 0.533. The van der Waals surface area contributed by atoms with E-state index in [0.717, 1.165) is 31.7 Å². The zero-order valence-corrected chi connectivity index (χ0v) is 14.3. The fourth-order valence-electron chi connectivity index (χ4n) is 2.60. The Balaban J connectivity index is 2.13. The molecule has 0 radical (unpaired) electrons. The van der Waals surface area contributed by atoms with Gasteiger partial charge in [0, 0.05) is 31.2 Å². The maximum atomic E-state index is 12.9. The summed E-state index contributed by atoms with van der Waals surface area (Å²) in [4.78, 5) is 16.8. The van der Waals surface area contributed by atoms with Crippen molar-refractivity contribution in [3.63, 3.8) is 0 Å². The lowest BCUT2D eigenvalue weighted by molar-refractivity contribution is -0.137. The van der Waals surface area contributed by atoms with E-state index < -0.39 is 0 Å². The molecule has 1 fully saturated rings. The molecule has 1 amide bonds. The summed E-state index contributed by atoms with van der Waals surface area (Å²) in [6, 6.07) is 7.30. The Morgan fingerprint density at radius 3 is 2.48 bits per heavy atom. The zero-order valence-electron chi connectivity index (χ0n) is 12.8. The van der Waals surface area contributed by atoms with Gasteiger partial charge in [0.25, 0.3) is 0 Å². The van der Waals surface area contributed by atoms with Crippen LogP contribution in [0, 0.1) is 0 Å². The minimum Gasteiger partial charge on any atom is -0.338 e. The summed E-state index contributed by atoms with van der Waals surface area (Å²) in [5, 5.41) is 0.666. The molecule has 0 N–H and O–H groups in total. The topological polar surface area (TPSA) is 26.8 Å². The lowest BCUT2D eigenvalue weighted by atomic mass is 10.0. The van der Waals surface area contributed by atoms with Crippen molar-refractivity contribution < 1.29 is 4.79 Å². The van der Waals surface area contributed by atoms with E-state index in [1.165, 1.54) is 0 Å². The van der Waals surface area contributed by atoms with Crippen LogP contribution < -0.4 is 0 Å². The van der Waals surface area contributed by atoms with Gasteiger partial charge < -0.3 is 4.90 Å². The van der Waals surface area contributed by atoms with Crippen molar-refractivity contribution >= 4 is 29.5 Å². The van der Waals surface area contributed by atoms with E-state index in [-0.39, 0.29) is 11.9 Å². The maximum absolute atomic E-state index is 12.9. The molecule has 0 spiro atoms. The number of likely N-dealkylation sites (N-methyl/N-ethyl adjacent to an activating group) is 1. The summed E-state index contributed by atoms with van der Waals surface area (Å²) >= 11 is 7.81. The van der Waals surface area contributed by atoms with Crippen LogP contribution in [-0.4, -0.2) is 66.5 Å². The number of halogens is 1. The molecule has 1 atom stereocenters. The van der Waals surface area contributed by atoms with Gasteiger partial charge in [0.15, 0.2) is 0 Å². The van der Waals surface area contributed by atoms with Crippen LogP contribution in [0.1, 0.15) is 11.6 Å². The predicted molar refractivity (Wildman–Crippen MR) is 89.5 cm³/mol. The van der Waals surface area contributed by atoms with Crippen LogP contribution in [0.5, 0.6) is 0 Å². The number of nitrogens with zero attached hydrogens (tertiary/aromatic N) is 3. The van der Waals surface area contributed by atoms with E-state index in [9.17, 15) is 4.79 Å². The van der Waals surface area contributed by atoms with Crippen molar-refractivity contribution in [1.29, 1.82) is 0 Å². The van der Waals surface area contributed by atoms with E-state index in [1.54, 1.807) is 11.9 Å². The number of carbonyl (C=O) groups excluding carboxylic acids is 1. The largest absolute Gasteiger partial charge is 0.338 e. The summed E-state index contributed by atoms with van der Waals surface area (Å²) in [5.74, 6) is 0.156. The normalized spacial score (nSPS) is 18.0. The standard InChI is InChI=1S/C15H22ClN3OS/c1-17(2)14(12-5-4-6-13(16)11-12)15(20)18-7-9-19(21-3)10-8-18/h4-6,11,14H,7-10H2,1-3H3. The summed E-state index contributed by atoms with van der Waals surface area (Å²) in [5.41, 5.74) is 0.949. The first kappa shape index (κ1) is 16.6. The molecule has 6 heteroatoms. The average molecular weight is 328 g/mol. The molecule has 4 nitrogen and oxygen atoms in total. The molecule has 0 aliphatic carbocycles. The molecule has 0 aromatic heterocycles. The van der Waals surface area contributed by atoms with Gasteiger partial charge in [0.2, 0.25) is 5.91 Å². The molecule has 116 valence electrons. The Hall–Kier alpha value is -0.750. The van der Waals surface area contributed by atoms with Gasteiger partial charge in [-0.1, -0.05) is 35.7 Å². The van der Waals surface area contributed by atoms with Gasteiger partial charge in [-0.3, -0.25) is 9.69 Å². The lowest BCUT2D eigenvalue weighted by Crippen LogP contribution is -2.49. The molecule has 0 saturated carbocycles. The van der Waals surface area contributed by atoms with E-state index in [4.69, 9.17) is 11.6 Å². The molecule has 2 rings (SSSR count). The minimum atomic E-state index is -0.274. The molecule has 1 aliphatic rings. The molecule has 1 heterocycles. The molecule has 1 saturated heterocycles. The van der Waals surface area contributed by atoms with Crippen molar-refractivity contribution in [2.75, 3.05) is 46.5 Å². The Labute approximate surface area is 136 Å². The quantitative estimate of drug-likeness (QED) is 0.793. The van der Waals surface area contributed by atoms with Gasteiger partial charge in [0.1, 0.15) is 6.04 Å². The van der Waals surface area contributed by atoms with Gasteiger partial charge >= 0.3 is 0 Å². The number of hydrogen-bond acceptors (Lipinski definition) is 4. The number of piperazine rings is 1. The number of benzene rings is 1. The number of hydrogen-bond donors (Lipinski definition) is 0. The van der Waals surface area contributed by atoms with Gasteiger partial charge in [-0.2, -0.15) is 0 Å². The van der Waals surface area contributed by atoms with Crippen LogP contribution in [0.2, 0.25) is 5.02 Å². The number of carbonyl (C=O) groups is 1. The molecular formula is C15H22ClN3OS. The van der Waals surface area contributed by atoms with Crippen molar-refractivity contribution in [2.24, 2.45) is 0 Å². The molecule has 0 bridgehead atoms. The molecule has 1 aliphatic heterocycles. The van der Waals surface area contributed by atoms with E-state index in [2.05, 4.69) is 10.6 Å². The SMILES string of the molecule is CSN1CCN(C(=O)C(c2cccc(Cl)c2)N(C)C)CC1. The van der Waals surface area contributed by atoms with Crippen LogP contribution in [0.15, 0.2) is 24.3 Å². The third-order valence-corrected chi connectivity index (χ3v) is 4.84. The summed E-state index contributed by atoms with van der Waals surface area (Å²) in [6.07, 6.45) is 2.08. The number of amides is 1. The van der Waals surface area contributed by atoms with Crippen molar-refractivity contribution in [3.05, 3.63) is 34.9 Å². The first-order valence-electron chi connectivity index (χ1n) is 7.02. The Bertz CT molecular complexity index is 490. The predicted octanol–water partition coefficient (Wildman–Crippen LogP) is 2.36. The summed E-state index contributed by atoms with van der Waals surface area (Å²) in [6.45, 7) is 3.40. The van der Waals surface area contributed by atoms with E-state index in [1.807, 2.05) is 48.2 Å². The Morgan fingerprint density at radius 2 is 1.95 bits per heavy atom. The van der Waals surface area contributed by atoms with Crippen molar-refractivity contribution in [1.82, 2.24) is 14.1 Å². The van der Waals surface area contributed by atoms with Crippen LogP contribution in [-0.2, 0) is 4.79 Å². The van der Waals surface area contributed by atoms with Gasteiger partial charge in [-0.15, -0.1) is 0 Å². The zero-order chi connectivity index (χ0) is 15.4. The Morgan fingerprint density at radius 1 is 1.29 bits per heavy atom. The van der Waals surface area contributed by atoms with Crippen LogP contribution >= 0.6 is 23.5 Å². The van der Waals surface area contributed by atoms with Crippen LogP contribution in [0.3, 0.4) is 0 Å². The highest BCUT2D eigenvalue weighted by atomic mass is 35.5. The second-order valence-corrected chi connectivity index (χ2v) is 6.68.